The van der Waals surface area contributed by atoms with Gasteiger partial charge in [-0.05, 0) is 37.3 Å². The van der Waals surface area contributed by atoms with Gasteiger partial charge in [-0.3, -0.25) is 19.4 Å². The number of pyridine rings is 1. The number of benzene rings is 1. The highest BCUT2D eigenvalue weighted by atomic mass is 16.5. The summed E-state index contributed by atoms with van der Waals surface area (Å²) in [6.07, 6.45) is 2.87. The molecule has 36 heavy (non-hydrogen) atoms. The summed E-state index contributed by atoms with van der Waals surface area (Å²) in [5.41, 5.74) is 1.29. The topological polar surface area (TPSA) is 110 Å². The monoisotopic (exact) mass is 498 g/mol. The lowest BCUT2D eigenvalue weighted by atomic mass is 10.0. The summed E-state index contributed by atoms with van der Waals surface area (Å²) in [6.45, 7) is 4.70. The predicted molar refractivity (Wildman–Crippen MR) is 134 cm³/mol. The third-order valence-corrected chi connectivity index (χ3v) is 6.19. The van der Waals surface area contributed by atoms with Crippen molar-refractivity contribution in [3.63, 3.8) is 0 Å². The number of methoxy groups -OCH3 is 2. The Labute approximate surface area is 211 Å². The molecule has 1 aliphatic heterocycles. The maximum absolute atomic E-state index is 13.4. The largest absolute Gasteiger partial charge is 0.491 e. The third kappa shape index (κ3) is 6.58. The second-order valence-electron chi connectivity index (χ2n) is 8.98. The molecule has 3 rings (SSSR count). The number of likely N-dealkylation sites (N-methyl/N-ethyl adjacent to an activating group) is 1. The highest BCUT2D eigenvalue weighted by Crippen LogP contribution is 2.27. The number of ether oxygens (including phenoxy) is 3. The number of aromatic nitrogens is 1. The zero-order chi connectivity index (χ0) is 26.2. The van der Waals surface area contributed by atoms with Gasteiger partial charge in [-0.1, -0.05) is 6.92 Å². The number of anilines is 1. The second kappa shape index (κ2) is 12.5. The van der Waals surface area contributed by atoms with E-state index in [0.717, 1.165) is 0 Å². The minimum absolute atomic E-state index is 0.0722. The molecule has 0 fully saturated rings. The summed E-state index contributed by atoms with van der Waals surface area (Å²) in [4.78, 5) is 46.2. The maximum atomic E-state index is 13.4. The van der Waals surface area contributed by atoms with Crippen molar-refractivity contribution < 1.29 is 28.6 Å². The van der Waals surface area contributed by atoms with E-state index in [4.69, 9.17) is 14.2 Å². The molecule has 1 N–H and O–H groups in total. The molecule has 0 saturated heterocycles. The zero-order valence-electron chi connectivity index (χ0n) is 21.4. The number of carbonyl (C=O) groups excluding carboxylic acids is 3. The lowest BCUT2D eigenvalue weighted by molar-refractivity contribution is -0.119. The maximum Gasteiger partial charge on any atom is 0.257 e. The number of nitrogens with one attached hydrogen (secondary N) is 1. The van der Waals surface area contributed by atoms with Crippen LogP contribution in [-0.4, -0.2) is 92.2 Å². The summed E-state index contributed by atoms with van der Waals surface area (Å²) >= 11 is 0. The van der Waals surface area contributed by atoms with E-state index >= 15 is 0 Å². The molecule has 194 valence electrons. The van der Waals surface area contributed by atoms with Gasteiger partial charge in [0, 0.05) is 63.9 Å². The molecule has 1 aliphatic rings. The van der Waals surface area contributed by atoms with Crippen LogP contribution in [0.4, 0.5) is 5.69 Å². The second-order valence-corrected chi connectivity index (χ2v) is 8.98. The first-order valence-corrected chi connectivity index (χ1v) is 11.8. The Bertz CT molecular complexity index is 1060. The van der Waals surface area contributed by atoms with E-state index in [1.807, 2.05) is 13.8 Å². The number of rotatable bonds is 5. The van der Waals surface area contributed by atoms with Gasteiger partial charge >= 0.3 is 0 Å². The smallest absolute Gasteiger partial charge is 0.257 e. The fraction of sp³-hybridized carbons (Fsp3) is 0.462. The van der Waals surface area contributed by atoms with Gasteiger partial charge in [0.25, 0.3) is 11.8 Å². The average molecular weight is 499 g/mol. The van der Waals surface area contributed by atoms with Gasteiger partial charge < -0.3 is 29.3 Å². The fourth-order valence-electron chi connectivity index (χ4n) is 4.13. The Kier molecular flexibility index (Phi) is 9.38. The van der Waals surface area contributed by atoms with Crippen molar-refractivity contribution in [3.05, 3.63) is 53.9 Å². The number of hydrogen-bond donors (Lipinski definition) is 1. The highest BCUT2D eigenvalue weighted by Gasteiger charge is 2.31. The molecule has 0 aliphatic carbocycles. The first-order chi connectivity index (χ1) is 17.2. The van der Waals surface area contributed by atoms with Crippen LogP contribution in [0.15, 0.2) is 42.7 Å². The molecule has 0 bridgehead atoms. The Balaban J connectivity index is 1.96. The van der Waals surface area contributed by atoms with Crippen molar-refractivity contribution in [1.29, 1.82) is 0 Å². The van der Waals surface area contributed by atoms with Gasteiger partial charge in [0.15, 0.2) is 0 Å². The molecule has 2 heterocycles. The van der Waals surface area contributed by atoms with Crippen molar-refractivity contribution >= 4 is 23.4 Å². The molecule has 2 aromatic rings. The van der Waals surface area contributed by atoms with E-state index in [0.29, 0.717) is 35.7 Å². The summed E-state index contributed by atoms with van der Waals surface area (Å²) in [6, 6.07) is 7.97. The molecule has 0 unspecified atom stereocenters. The zero-order valence-corrected chi connectivity index (χ0v) is 21.4. The first-order valence-electron chi connectivity index (χ1n) is 11.8. The molecule has 0 saturated carbocycles. The van der Waals surface area contributed by atoms with Gasteiger partial charge in [0.2, 0.25) is 5.91 Å². The molecule has 3 atom stereocenters. The van der Waals surface area contributed by atoms with Crippen molar-refractivity contribution in [2.24, 2.45) is 5.92 Å². The van der Waals surface area contributed by atoms with E-state index in [1.165, 1.54) is 7.11 Å². The predicted octanol–water partition coefficient (Wildman–Crippen LogP) is 2.31. The Morgan fingerprint density at radius 2 is 1.86 bits per heavy atom. The van der Waals surface area contributed by atoms with Crippen LogP contribution < -0.4 is 10.1 Å². The van der Waals surface area contributed by atoms with Crippen LogP contribution in [0.3, 0.4) is 0 Å². The molecule has 0 radical (unpaired) electrons. The highest BCUT2D eigenvalue weighted by molar-refractivity contribution is 5.99. The van der Waals surface area contributed by atoms with Crippen LogP contribution in [0.2, 0.25) is 0 Å². The minimum Gasteiger partial charge on any atom is -0.491 e. The van der Waals surface area contributed by atoms with Gasteiger partial charge in [-0.25, -0.2) is 0 Å². The van der Waals surface area contributed by atoms with E-state index in [-0.39, 0.29) is 49.0 Å². The van der Waals surface area contributed by atoms with Crippen molar-refractivity contribution in [1.82, 2.24) is 14.8 Å². The number of amides is 3. The SMILES string of the molecule is COCC(=O)Nc1ccc2c(c1)C(=O)N(C)C[C@@H](OC)[C@H](C)CN(C(=O)c1ccncc1)[C@@H](C)CO2. The van der Waals surface area contributed by atoms with Crippen LogP contribution in [0.25, 0.3) is 0 Å². The Hall–Kier alpha value is -3.50. The van der Waals surface area contributed by atoms with Crippen molar-refractivity contribution in [2.75, 3.05) is 52.9 Å². The lowest BCUT2D eigenvalue weighted by Gasteiger charge is -2.36. The molecule has 1 aromatic heterocycles. The number of nitrogens with zero attached hydrogens (tertiary/aromatic N) is 3. The van der Waals surface area contributed by atoms with Crippen molar-refractivity contribution in [2.45, 2.75) is 26.0 Å². The summed E-state index contributed by atoms with van der Waals surface area (Å²) in [5, 5.41) is 2.72. The number of fused-ring (bicyclic) bond motifs is 1. The molecule has 10 heteroatoms. The van der Waals surface area contributed by atoms with E-state index < -0.39 is 0 Å². The van der Waals surface area contributed by atoms with Crippen molar-refractivity contribution in [3.8, 4) is 5.75 Å². The third-order valence-electron chi connectivity index (χ3n) is 6.19. The minimum atomic E-state index is -0.334. The fourth-order valence-corrected chi connectivity index (χ4v) is 4.13. The Morgan fingerprint density at radius 1 is 1.14 bits per heavy atom. The Morgan fingerprint density at radius 3 is 2.53 bits per heavy atom. The average Bonchev–Trinajstić information content (AvgIpc) is 2.88. The number of hydrogen-bond acceptors (Lipinski definition) is 7. The number of carbonyl (C=O) groups is 3. The standard InChI is InChI=1S/C26H34N4O6/c1-17-13-30(25(32)19-8-10-27-11-9-19)18(2)15-36-22-7-6-20(28-24(31)16-34-4)12-21(22)26(33)29(3)14-23(17)35-5/h6-12,17-18,23H,13-16H2,1-5H3,(H,28,31)/t17-,18+,23-/m1/s1. The van der Waals surface area contributed by atoms with Crippen LogP contribution >= 0.6 is 0 Å². The molecule has 1 aromatic carbocycles. The van der Waals surface area contributed by atoms with Crippen LogP contribution in [0.1, 0.15) is 34.6 Å². The summed E-state index contributed by atoms with van der Waals surface area (Å²) in [5.74, 6) is -0.438. The van der Waals surface area contributed by atoms with Gasteiger partial charge in [0.05, 0.1) is 17.7 Å². The first kappa shape index (κ1) is 27.1. The molecule has 10 nitrogen and oxygen atoms in total. The molecule has 3 amide bonds. The quantitative estimate of drug-likeness (QED) is 0.674. The van der Waals surface area contributed by atoms with Crippen LogP contribution in [0, 0.1) is 5.92 Å². The van der Waals surface area contributed by atoms with Gasteiger partial charge in [-0.2, -0.15) is 0 Å². The lowest BCUT2D eigenvalue weighted by Crippen LogP contribution is -2.48. The van der Waals surface area contributed by atoms with E-state index in [2.05, 4.69) is 10.3 Å². The molecule has 0 spiro atoms. The van der Waals surface area contributed by atoms with Crippen LogP contribution in [-0.2, 0) is 14.3 Å². The van der Waals surface area contributed by atoms with Crippen LogP contribution in [0.5, 0.6) is 5.75 Å². The van der Waals surface area contributed by atoms with Gasteiger partial charge in [-0.15, -0.1) is 0 Å². The summed E-state index contributed by atoms with van der Waals surface area (Å²) in [7, 11) is 4.72. The van der Waals surface area contributed by atoms with Gasteiger partial charge in [0.1, 0.15) is 19.0 Å². The van der Waals surface area contributed by atoms with E-state index in [9.17, 15) is 14.4 Å². The molecular weight excluding hydrogens is 464 g/mol. The summed E-state index contributed by atoms with van der Waals surface area (Å²) < 4.78 is 16.7. The molecular formula is C26H34N4O6. The normalized spacial score (nSPS) is 21.0. The van der Waals surface area contributed by atoms with E-state index in [1.54, 1.807) is 66.7 Å².